The fourth-order valence-corrected chi connectivity index (χ4v) is 6.33. The summed E-state index contributed by atoms with van der Waals surface area (Å²) in [5, 5.41) is 11.7. The number of aromatic nitrogens is 3. The first-order valence-electron chi connectivity index (χ1n) is 12.0. The van der Waals surface area contributed by atoms with E-state index in [0.29, 0.717) is 25.1 Å². The number of halogens is 1. The summed E-state index contributed by atoms with van der Waals surface area (Å²) in [4.78, 5) is 13.1. The van der Waals surface area contributed by atoms with Crippen molar-refractivity contribution >= 4 is 21.6 Å². The summed E-state index contributed by atoms with van der Waals surface area (Å²) in [6.45, 7) is 1.30. The quantitative estimate of drug-likeness (QED) is 0.578. The number of amides is 1. The van der Waals surface area contributed by atoms with Gasteiger partial charge in [-0.2, -0.15) is 4.31 Å². The maximum atomic E-state index is 13.2. The van der Waals surface area contributed by atoms with Crippen molar-refractivity contribution in [2.45, 2.75) is 50.0 Å². The Balaban J connectivity index is 1.30. The Hall–Kier alpha value is -3.11. The molecule has 1 aromatic heterocycles. The zero-order valence-electron chi connectivity index (χ0n) is 19.4. The van der Waals surface area contributed by atoms with E-state index >= 15 is 0 Å². The molecule has 0 radical (unpaired) electrons. The SMILES string of the molecule is O=C(Nc1cccc(-c2nnc3n2CCCCC3)c1)C1CCCN(S(=O)(=O)c2ccc(F)cc2)C1. The summed E-state index contributed by atoms with van der Waals surface area (Å²) >= 11 is 0. The van der Waals surface area contributed by atoms with Crippen molar-refractivity contribution in [2.75, 3.05) is 18.4 Å². The molecule has 0 saturated carbocycles. The molecule has 2 aliphatic heterocycles. The zero-order valence-corrected chi connectivity index (χ0v) is 20.2. The smallest absolute Gasteiger partial charge is 0.243 e. The summed E-state index contributed by atoms with van der Waals surface area (Å²) in [5.74, 6) is 0.598. The number of aryl methyl sites for hydroxylation is 1. The number of anilines is 1. The number of benzene rings is 2. The van der Waals surface area contributed by atoms with E-state index < -0.39 is 21.8 Å². The number of piperidine rings is 1. The average Bonchev–Trinajstić information content (AvgIpc) is 3.12. The van der Waals surface area contributed by atoms with Crippen LogP contribution in [0.3, 0.4) is 0 Å². The molecule has 0 bridgehead atoms. The summed E-state index contributed by atoms with van der Waals surface area (Å²) < 4.78 is 42.7. The van der Waals surface area contributed by atoms with E-state index in [-0.39, 0.29) is 17.3 Å². The van der Waals surface area contributed by atoms with Crippen LogP contribution >= 0.6 is 0 Å². The van der Waals surface area contributed by atoms with Crippen LogP contribution in [0.2, 0.25) is 0 Å². The van der Waals surface area contributed by atoms with Crippen LogP contribution in [0, 0.1) is 11.7 Å². The minimum atomic E-state index is -3.80. The first-order valence-corrected chi connectivity index (χ1v) is 13.4. The van der Waals surface area contributed by atoms with E-state index in [9.17, 15) is 17.6 Å². The first-order chi connectivity index (χ1) is 16.9. The Morgan fingerprint density at radius 2 is 1.83 bits per heavy atom. The fourth-order valence-electron chi connectivity index (χ4n) is 4.81. The molecule has 1 fully saturated rings. The monoisotopic (exact) mass is 497 g/mol. The van der Waals surface area contributed by atoms with Crippen LogP contribution in [0.15, 0.2) is 53.4 Å². The van der Waals surface area contributed by atoms with Gasteiger partial charge in [0, 0.05) is 37.3 Å². The minimum absolute atomic E-state index is 0.0279. The van der Waals surface area contributed by atoms with Gasteiger partial charge in [0.25, 0.3) is 0 Å². The molecule has 1 amide bonds. The Kier molecular flexibility index (Phi) is 6.66. The van der Waals surface area contributed by atoms with E-state index in [0.717, 1.165) is 55.2 Å². The van der Waals surface area contributed by atoms with Crippen LogP contribution in [0.25, 0.3) is 11.4 Å². The molecular weight excluding hydrogens is 469 g/mol. The summed E-state index contributed by atoms with van der Waals surface area (Å²) in [5.41, 5.74) is 1.52. The molecular formula is C25H28FN5O3S. The van der Waals surface area contributed by atoms with Gasteiger partial charge in [-0.15, -0.1) is 10.2 Å². The highest BCUT2D eigenvalue weighted by Crippen LogP contribution is 2.27. The number of fused-ring (bicyclic) bond motifs is 1. The number of carbonyl (C=O) groups is 1. The maximum absolute atomic E-state index is 13.2. The van der Waals surface area contributed by atoms with Gasteiger partial charge in [0.1, 0.15) is 11.6 Å². The lowest BCUT2D eigenvalue weighted by Crippen LogP contribution is -2.43. The highest BCUT2D eigenvalue weighted by atomic mass is 32.2. The van der Waals surface area contributed by atoms with Gasteiger partial charge < -0.3 is 9.88 Å². The molecule has 10 heteroatoms. The Bertz CT molecular complexity index is 1320. The second kappa shape index (κ2) is 9.87. The Labute approximate surface area is 204 Å². The number of hydrogen-bond acceptors (Lipinski definition) is 5. The molecule has 35 heavy (non-hydrogen) atoms. The number of nitrogens with one attached hydrogen (secondary N) is 1. The molecule has 1 atom stereocenters. The number of nitrogens with zero attached hydrogens (tertiary/aromatic N) is 4. The van der Waals surface area contributed by atoms with Crippen molar-refractivity contribution in [3.8, 4) is 11.4 Å². The highest BCUT2D eigenvalue weighted by Gasteiger charge is 2.33. The van der Waals surface area contributed by atoms with Gasteiger partial charge in [-0.25, -0.2) is 12.8 Å². The van der Waals surface area contributed by atoms with Crippen LogP contribution in [0.5, 0.6) is 0 Å². The predicted molar refractivity (Wildman–Crippen MR) is 130 cm³/mol. The van der Waals surface area contributed by atoms with Crippen molar-refractivity contribution in [1.29, 1.82) is 0 Å². The molecule has 2 aliphatic rings. The number of carbonyl (C=O) groups excluding carboxylic acids is 1. The fraction of sp³-hybridized carbons (Fsp3) is 0.400. The third-order valence-electron chi connectivity index (χ3n) is 6.70. The number of rotatable bonds is 5. The summed E-state index contributed by atoms with van der Waals surface area (Å²) in [6.07, 6.45) is 5.47. The van der Waals surface area contributed by atoms with E-state index in [1.807, 2.05) is 24.3 Å². The van der Waals surface area contributed by atoms with Crippen molar-refractivity contribution < 1.29 is 17.6 Å². The second-order valence-electron chi connectivity index (χ2n) is 9.13. The van der Waals surface area contributed by atoms with Crippen molar-refractivity contribution in [3.05, 3.63) is 60.2 Å². The highest BCUT2D eigenvalue weighted by molar-refractivity contribution is 7.89. The van der Waals surface area contributed by atoms with Crippen molar-refractivity contribution in [3.63, 3.8) is 0 Å². The van der Waals surface area contributed by atoms with Crippen molar-refractivity contribution in [1.82, 2.24) is 19.1 Å². The van der Waals surface area contributed by atoms with Gasteiger partial charge in [0.05, 0.1) is 10.8 Å². The van der Waals surface area contributed by atoms with E-state index in [1.54, 1.807) is 0 Å². The van der Waals surface area contributed by atoms with E-state index in [1.165, 1.54) is 22.9 Å². The normalized spacial score (nSPS) is 19.1. The third-order valence-corrected chi connectivity index (χ3v) is 8.58. The molecule has 3 aromatic rings. The minimum Gasteiger partial charge on any atom is -0.326 e. The number of hydrogen-bond donors (Lipinski definition) is 1. The van der Waals surface area contributed by atoms with E-state index in [4.69, 9.17) is 0 Å². The van der Waals surface area contributed by atoms with Crippen molar-refractivity contribution in [2.24, 2.45) is 5.92 Å². The van der Waals surface area contributed by atoms with Gasteiger partial charge in [-0.3, -0.25) is 4.79 Å². The lowest BCUT2D eigenvalue weighted by Gasteiger charge is -2.31. The van der Waals surface area contributed by atoms with Gasteiger partial charge in [0.15, 0.2) is 5.82 Å². The maximum Gasteiger partial charge on any atom is 0.243 e. The first kappa shape index (κ1) is 23.6. The third kappa shape index (κ3) is 4.99. The topological polar surface area (TPSA) is 97.2 Å². The van der Waals surface area contributed by atoms with Gasteiger partial charge >= 0.3 is 0 Å². The largest absolute Gasteiger partial charge is 0.326 e. The molecule has 1 unspecified atom stereocenters. The lowest BCUT2D eigenvalue weighted by atomic mass is 9.98. The molecule has 8 nitrogen and oxygen atoms in total. The van der Waals surface area contributed by atoms with Crippen LogP contribution in [0.4, 0.5) is 10.1 Å². The molecule has 0 spiro atoms. The second-order valence-corrected chi connectivity index (χ2v) is 11.1. The Morgan fingerprint density at radius 1 is 1.00 bits per heavy atom. The molecule has 1 saturated heterocycles. The zero-order chi connectivity index (χ0) is 24.4. The van der Waals surface area contributed by atoms with Crippen LogP contribution in [-0.4, -0.2) is 46.5 Å². The molecule has 3 heterocycles. The van der Waals surface area contributed by atoms with Gasteiger partial charge in [-0.05, 0) is 62.1 Å². The van der Waals surface area contributed by atoms with Crippen LogP contribution in [-0.2, 0) is 27.8 Å². The van der Waals surface area contributed by atoms with E-state index in [2.05, 4.69) is 20.1 Å². The molecule has 184 valence electrons. The summed E-state index contributed by atoms with van der Waals surface area (Å²) in [7, 11) is -3.80. The number of sulfonamides is 1. The average molecular weight is 498 g/mol. The Morgan fingerprint density at radius 3 is 2.66 bits per heavy atom. The lowest BCUT2D eigenvalue weighted by molar-refractivity contribution is -0.120. The summed E-state index contributed by atoms with van der Waals surface area (Å²) in [6, 6.07) is 12.3. The predicted octanol–water partition coefficient (Wildman–Crippen LogP) is 3.85. The molecule has 1 N–H and O–H groups in total. The molecule has 0 aliphatic carbocycles. The van der Waals surface area contributed by atoms with Crippen LogP contribution < -0.4 is 5.32 Å². The molecule has 5 rings (SSSR count). The molecule has 2 aromatic carbocycles. The van der Waals surface area contributed by atoms with Crippen LogP contribution in [0.1, 0.15) is 37.9 Å². The standard InChI is InChI=1S/C25H28FN5O3S/c26-20-10-12-22(13-11-20)35(33,34)30-14-5-7-19(17-30)25(32)27-21-8-4-6-18(16-21)24-29-28-23-9-2-1-3-15-31(23)24/h4,6,8,10-13,16,19H,1-3,5,7,9,14-15,17H2,(H,27,32). The van der Waals surface area contributed by atoms with Gasteiger partial charge in [-0.1, -0.05) is 18.6 Å². The van der Waals surface area contributed by atoms with Gasteiger partial charge in [0.2, 0.25) is 15.9 Å².